The summed E-state index contributed by atoms with van der Waals surface area (Å²) >= 11 is 0. The van der Waals surface area contributed by atoms with Gasteiger partial charge in [-0.25, -0.2) is 0 Å². The van der Waals surface area contributed by atoms with Crippen LogP contribution in [0.5, 0.6) is 5.75 Å². The smallest absolute Gasteiger partial charge is 0.119 e. The molecule has 108 valence electrons. The lowest BCUT2D eigenvalue weighted by molar-refractivity contribution is 0.0888. The molecule has 1 aromatic carbocycles. The lowest BCUT2D eigenvalue weighted by Crippen LogP contribution is -2.43. The zero-order valence-electron chi connectivity index (χ0n) is 11.7. The Labute approximate surface area is 115 Å². The van der Waals surface area contributed by atoms with Gasteiger partial charge in [0.2, 0.25) is 0 Å². The molecule has 0 bridgehead atoms. The van der Waals surface area contributed by atoms with E-state index >= 15 is 0 Å². The second kappa shape index (κ2) is 8.91. The minimum absolute atomic E-state index is 0.0284. The summed E-state index contributed by atoms with van der Waals surface area (Å²) in [6.07, 6.45) is 2.41. The number of ether oxygens (including phenoxy) is 2. The highest BCUT2D eigenvalue weighted by atomic mass is 16.5. The first-order valence-corrected chi connectivity index (χ1v) is 6.85. The summed E-state index contributed by atoms with van der Waals surface area (Å²) in [7, 11) is 0. The molecule has 0 aliphatic rings. The van der Waals surface area contributed by atoms with E-state index in [1.807, 2.05) is 37.3 Å². The van der Waals surface area contributed by atoms with Gasteiger partial charge in [-0.1, -0.05) is 25.1 Å². The van der Waals surface area contributed by atoms with Gasteiger partial charge < -0.3 is 20.3 Å². The molecule has 0 aliphatic carbocycles. The SMILES string of the molecule is CCC(N)(CO)CCCOCCOc1ccccc1. The van der Waals surface area contributed by atoms with E-state index in [0.29, 0.717) is 19.8 Å². The summed E-state index contributed by atoms with van der Waals surface area (Å²) in [5, 5.41) is 9.17. The summed E-state index contributed by atoms with van der Waals surface area (Å²) in [5.41, 5.74) is 5.53. The van der Waals surface area contributed by atoms with E-state index < -0.39 is 5.54 Å². The fourth-order valence-corrected chi connectivity index (χ4v) is 1.73. The molecule has 0 radical (unpaired) electrons. The van der Waals surface area contributed by atoms with Crippen molar-refractivity contribution in [2.45, 2.75) is 31.7 Å². The molecular weight excluding hydrogens is 242 g/mol. The van der Waals surface area contributed by atoms with E-state index in [1.165, 1.54) is 0 Å². The molecule has 0 aliphatic heterocycles. The van der Waals surface area contributed by atoms with Crippen LogP contribution in [0.25, 0.3) is 0 Å². The van der Waals surface area contributed by atoms with E-state index in [2.05, 4.69) is 0 Å². The Morgan fingerprint density at radius 3 is 2.53 bits per heavy atom. The molecule has 1 rings (SSSR count). The van der Waals surface area contributed by atoms with Crippen molar-refractivity contribution in [3.05, 3.63) is 30.3 Å². The maximum Gasteiger partial charge on any atom is 0.119 e. The van der Waals surface area contributed by atoms with Crippen molar-refractivity contribution >= 4 is 0 Å². The summed E-state index contributed by atoms with van der Waals surface area (Å²) in [5.74, 6) is 0.860. The molecule has 0 aromatic heterocycles. The van der Waals surface area contributed by atoms with Crippen LogP contribution in [0.3, 0.4) is 0 Å². The Balaban J connectivity index is 2.00. The van der Waals surface area contributed by atoms with Crippen LogP contribution in [-0.2, 0) is 4.74 Å². The number of hydrogen-bond donors (Lipinski definition) is 2. The Morgan fingerprint density at radius 2 is 1.89 bits per heavy atom. The van der Waals surface area contributed by atoms with Gasteiger partial charge in [0, 0.05) is 12.1 Å². The molecule has 0 saturated carbocycles. The summed E-state index contributed by atoms with van der Waals surface area (Å²) in [6, 6.07) is 9.68. The van der Waals surface area contributed by atoms with E-state index in [9.17, 15) is 0 Å². The summed E-state index contributed by atoms with van der Waals surface area (Å²) < 4.78 is 11.0. The monoisotopic (exact) mass is 267 g/mol. The van der Waals surface area contributed by atoms with Gasteiger partial charge in [-0.2, -0.15) is 0 Å². The van der Waals surface area contributed by atoms with E-state index in [1.54, 1.807) is 0 Å². The Bertz CT molecular complexity index is 325. The van der Waals surface area contributed by atoms with Crippen molar-refractivity contribution in [3.63, 3.8) is 0 Å². The van der Waals surface area contributed by atoms with Crippen LogP contribution in [0.15, 0.2) is 30.3 Å². The molecule has 19 heavy (non-hydrogen) atoms. The van der Waals surface area contributed by atoms with Crippen LogP contribution >= 0.6 is 0 Å². The second-order valence-corrected chi connectivity index (χ2v) is 4.75. The molecule has 3 N–H and O–H groups in total. The van der Waals surface area contributed by atoms with Crippen molar-refractivity contribution in [2.75, 3.05) is 26.4 Å². The van der Waals surface area contributed by atoms with Gasteiger partial charge in [0.05, 0.1) is 13.2 Å². The zero-order valence-corrected chi connectivity index (χ0v) is 11.7. The van der Waals surface area contributed by atoms with Crippen molar-refractivity contribution in [1.29, 1.82) is 0 Å². The first-order valence-electron chi connectivity index (χ1n) is 6.85. The van der Waals surface area contributed by atoms with Crippen molar-refractivity contribution in [1.82, 2.24) is 0 Å². The molecule has 0 spiro atoms. The van der Waals surface area contributed by atoms with E-state index in [4.69, 9.17) is 20.3 Å². The van der Waals surface area contributed by atoms with Gasteiger partial charge >= 0.3 is 0 Å². The van der Waals surface area contributed by atoms with Gasteiger partial charge in [0.25, 0.3) is 0 Å². The normalized spacial score (nSPS) is 14.1. The maximum atomic E-state index is 9.17. The number of aliphatic hydroxyl groups excluding tert-OH is 1. The molecule has 1 aromatic rings. The molecule has 0 heterocycles. The number of hydrogen-bond acceptors (Lipinski definition) is 4. The molecular formula is C15H25NO3. The first kappa shape index (κ1) is 16.0. The Morgan fingerprint density at radius 1 is 1.16 bits per heavy atom. The third-order valence-electron chi connectivity index (χ3n) is 3.22. The van der Waals surface area contributed by atoms with Crippen LogP contribution in [0.1, 0.15) is 26.2 Å². The molecule has 4 nitrogen and oxygen atoms in total. The van der Waals surface area contributed by atoms with Gasteiger partial charge in [0.15, 0.2) is 0 Å². The number of nitrogens with two attached hydrogens (primary N) is 1. The maximum absolute atomic E-state index is 9.17. The second-order valence-electron chi connectivity index (χ2n) is 4.75. The van der Waals surface area contributed by atoms with Crippen molar-refractivity contribution in [3.8, 4) is 5.75 Å². The minimum atomic E-state index is -0.454. The topological polar surface area (TPSA) is 64.7 Å². The predicted molar refractivity (Wildman–Crippen MR) is 76.3 cm³/mol. The number of aliphatic hydroxyl groups is 1. The number of para-hydroxylation sites is 1. The fourth-order valence-electron chi connectivity index (χ4n) is 1.73. The average molecular weight is 267 g/mol. The van der Waals surface area contributed by atoms with E-state index in [0.717, 1.165) is 25.0 Å². The zero-order chi connectivity index (χ0) is 14.0. The van der Waals surface area contributed by atoms with Gasteiger partial charge in [-0.3, -0.25) is 0 Å². The van der Waals surface area contributed by atoms with Gasteiger partial charge in [-0.15, -0.1) is 0 Å². The number of benzene rings is 1. The quantitative estimate of drug-likeness (QED) is 0.636. The van der Waals surface area contributed by atoms with Crippen molar-refractivity contribution in [2.24, 2.45) is 5.73 Å². The summed E-state index contributed by atoms with van der Waals surface area (Å²) in [4.78, 5) is 0. The van der Waals surface area contributed by atoms with Gasteiger partial charge in [-0.05, 0) is 31.4 Å². The van der Waals surface area contributed by atoms with Crippen LogP contribution in [0.2, 0.25) is 0 Å². The van der Waals surface area contributed by atoms with Crippen LogP contribution in [0, 0.1) is 0 Å². The summed E-state index contributed by atoms with van der Waals surface area (Å²) in [6.45, 7) is 3.78. The molecule has 0 saturated heterocycles. The first-order chi connectivity index (χ1) is 9.20. The molecule has 0 fully saturated rings. The van der Waals surface area contributed by atoms with Crippen LogP contribution < -0.4 is 10.5 Å². The molecule has 4 heteroatoms. The van der Waals surface area contributed by atoms with Crippen LogP contribution in [-0.4, -0.2) is 37.1 Å². The lowest BCUT2D eigenvalue weighted by atomic mass is 9.93. The predicted octanol–water partition coefficient (Wildman–Crippen LogP) is 1.96. The third-order valence-corrected chi connectivity index (χ3v) is 3.22. The Kier molecular flexibility index (Phi) is 7.48. The lowest BCUT2D eigenvalue weighted by Gasteiger charge is -2.25. The highest BCUT2D eigenvalue weighted by Gasteiger charge is 2.20. The van der Waals surface area contributed by atoms with Crippen molar-refractivity contribution < 1.29 is 14.6 Å². The Hall–Kier alpha value is -1.10. The van der Waals surface area contributed by atoms with Crippen LogP contribution in [0.4, 0.5) is 0 Å². The fraction of sp³-hybridized carbons (Fsp3) is 0.600. The molecule has 1 unspecified atom stereocenters. The average Bonchev–Trinajstić information content (AvgIpc) is 2.47. The minimum Gasteiger partial charge on any atom is -0.491 e. The van der Waals surface area contributed by atoms with Gasteiger partial charge in [0.1, 0.15) is 12.4 Å². The standard InChI is InChI=1S/C15H25NO3/c1-2-15(16,13-17)9-6-10-18-11-12-19-14-7-4-3-5-8-14/h3-5,7-8,17H,2,6,9-13,16H2,1H3. The molecule has 0 amide bonds. The highest BCUT2D eigenvalue weighted by Crippen LogP contribution is 2.13. The highest BCUT2D eigenvalue weighted by molar-refractivity contribution is 5.20. The number of rotatable bonds is 10. The largest absolute Gasteiger partial charge is 0.491 e. The third kappa shape index (κ3) is 6.57. The van der Waals surface area contributed by atoms with E-state index in [-0.39, 0.29) is 6.61 Å². The molecule has 1 atom stereocenters.